The molecule has 0 fully saturated rings. The normalized spacial score (nSPS) is 10.3. The van der Waals surface area contributed by atoms with Crippen LogP contribution in [0, 0.1) is 13.8 Å². The number of hydrogen-bond acceptors (Lipinski definition) is 2. The molecule has 0 bridgehead atoms. The highest BCUT2D eigenvalue weighted by Gasteiger charge is 2.04. The summed E-state index contributed by atoms with van der Waals surface area (Å²) in [4.78, 5) is 0. The molecule has 3 heteroatoms. The smallest absolute Gasteiger partial charge is 0.118 e. The predicted octanol–water partition coefficient (Wildman–Crippen LogP) is 4.69. The molecule has 0 heterocycles. The molecule has 0 atom stereocenters. The Morgan fingerprint density at radius 1 is 1.11 bits per heavy atom. The van der Waals surface area contributed by atoms with Crippen molar-refractivity contribution in [2.45, 2.75) is 20.4 Å². The Hall–Kier alpha value is -1.48. The summed E-state index contributed by atoms with van der Waals surface area (Å²) < 4.78 is 6.27. The molecule has 0 unspecified atom stereocenters. The van der Waals surface area contributed by atoms with Gasteiger partial charge in [-0.05, 0) is 64.7 Å². The number of nitrogens with one attached hydrogen (secondary N) is 1. The second kappa shape index (κ2) is 6.11. The summed E-state index contributed by atoms with van der Waals surface area (Å²) in [7, 11) is 1.68. The van der Waals surface area contributed by atoms with Crippen molar-refractivity contribution in [3.05, 3.63) is 57.6 Å². The first-order valence-electron chi connectivity index (χ1n) is 6.23. The van der Waals surface area contributed by atoms with E-state index in [0.29, 0.717) is 0 Å². The fraction of sp³-hybridized carbons (Fsp3) is 0.250. The number of anilines is 1. The Kier molecular flexibility index (Phi) is 4.48. The van der Waals surface area contributed by atoms with Crippen LogP contribution in [0.25, 0.3) is 0 Å². The molecule has 0 aliphatic rings. The number of hydrogen-bond donors (Lipinski definition) is 1. The second-order valence-electron chi connectivity index (χ2n) is 4.64. The highest BCUT2D eigenvalue weighted by Crippen LogP contribution is 2.28. The van der Waals surface area contributed by atoms with E-state index in [1.807, 2.05) is 12.1 Å². The van der Waals surface area contributed by atoms with E-state index in [1.54, 1.807) is 7.11 Å². The third-order valence-corrected chi connectivity index (χ3v) is 3.69. The molecule has 0 spiro atoms. The van der Waals surface area contributed by atoms with E-state index in [0.717, 1.165) is 22.5 Å². The standard InChI is InChI=1S/C16H18BrNO/c1-11-8-12(2)16(15(17)9-11)18-10-13-4-6-14(19-3)7-5-13/h4-9,18H,10H2,1-3H3. The Morgan fingerprint density at radius 3 is 2.37 bits per heavy atom. The summed E-state index contributed by atoms with van der Waals surface area (Å²) >= 11 is 3.61. The third-order valence-electron chi connectivity index (χ3n) is 3.06. The Bertz CT molecular complexity index is 540. The lowest BCUT2D eigenvalue weighted by molar-refractivity contribution is 0.414. The van der Waals surface area contributed by atoms with Crippen molar-refractivity contribution in [3.8, 4) is 5.75 Å². The Balaban J connectivity index is 2.10. The molecule has 0 aromatic heterocycles. The van der Waals surface area contributed by atoms with Gasteiger partial charge in [-0.1, -0.05) is 18.2 Å². The van der Waals surface area contributed by atoms with Gasteiger partial charge >= 0.3 is 0 Å². The van der Waals surface area contributed by atoms with Gasteiger partial charge in [-0.15, -0.1) is 0 Å². The zero-order valence-electron chi connectivity index (χ0n) is 11.5. The molecule has 2 aromatic carbocycles. The summed E-state index contributed by atoms with van der Waals surface area (Å²) in [6, 6.07) is 12.4. The van der Waals surface area contributed by atoms with Crippen molar-refractivity contribution in [1.82, 2.24) is 0 Å². The van der Waals surface area contributed by atoms with Crippen LogP contribution in [0.3, 0.4) is 0 Å². The summed E-state index contributed by atoms with van der Waals surface area (Å²) in [6.45, 7) is 5.02. The Labute approximate surface area is 122 Å². The average molecular weight is 320 g/mol. The predicted molar refractivity (Wildman–Crippen MR) is 83.9 cm³/mol. The van der Waals surface area contributed by atoms with Crippen LogP contribution in [0.15, 0.2) is 40.9 Å². The molecule has 1 N–H and O–H groups in total. The molecule has 19 heavy (non-hydrogen) atoms. The molecule has 0 amide bonds. The average Bonchev–Trinajstić information content (AvgIpc) is 2.38. The van der Waals surface area contributed by atoms with Gasteiger partial charge in [-0.2, -0.15) is 0 Å². The van der Waals surface area contributed by atoms with Crippen molar-refractivity contribution in [2.24, 2.45) is 0 Å². The van der Waals surface area contributed by atoms with Crippen LogP contribution in [0.2, 0.25) is 0 Å². The summed E-state index contributed by atoms with van der Waals surface area (Å²) in [6.07, 6.45) is 0. The zero-order valence-corrected chi connectivity index (χ0v) is 13.0. The molecule has 100 valence electrons. The van der Waals surface area contributed by atoms with Crippen LogP contribution in [-0.2, 0) is 6.54 Å². The quantitative estimate of drug-likeness (QED) is 0.883. The van der Waals surface area contributed by atoms with Crippen LogP contribution < -0.4 is 10.1 Å². The van der Waals surface area contributed by atoms with Gasteiger partial charge in [0.05, 0.1) is 12.8 Å². The van der Waals surface area contributed by atoms with Crippen molar-refractivity contribution in [2.75, 3.05) is 12.4 Å². The molecular formula is C16H18BrNO. The van der Waals surface area contributed by atoms with Gasteiger partial charge in [-0.25, -0.2) is 0 Å². The fourth-order valence-corrected chi connectivity index (χ4v) is 2.89. The molecule has 0 aliphatic carbocycles. The summed E-state index contributed by atoms with van der Waals surface area (Å²) in [5.74, 6) is 0.886. The minimum absolute atomic E-state index is 0.798. The van der Waals surface area contributed by atoms with Crippen LogP contribution in [-0.4, -0.2) is 7.11 Å². The van der Waals surface area contributed by atoms with Gasteiger partial charge in [0.1, 0.15) is 5.75 Å². The highest BCUT2D eigenvalue weighted by molar-refractivity contribution is 9.10. The van der Waals surface area contributed by atoms with E-state index in [4.69, 9.17) is 4.74 Å². The fourth-order valence-electron chi connectivity index (χ4n) is 2.07. The van der Waals surface area contributed by atoms with Crippen molar-refractivity contribution >= 4 is 21.6 Å². The number of benzene rings is 2. The van der Waals surface area contributed by atoms with Gasteiger partial charge in [0.25, 0.3) is 0 Å². The van der Waals surface area contributed by atoms with Gasteiger partial charge in [0.15, 0.2) is 0 Å². The molecule has 0 saturated heterocycles. The lowest BCUT2D eigenvalue weighted by Crippen LogP contribution is -2.02. The van der Waals surface area contributed by atoms with Crippen molar-refractivity contribution in [1.29, 1.82) is 0 Å². The lowest BCUT2D eigenvalue weighted by Gasteiger charge is -2.13. The first-order chi connectivity index (χ1) is 9.10. The number of halogens is 1. The molecule has 0 radical (unpaired) electrons. The number of ether oxygens (including phenoxy) is 1. The Morgan fingerprint density at radius 2 is 1.79 bits per heavy atom. The minimum Gasteiger partial charge on any atom is -0.497 e. The van der Waals surface area contributed by atoms with E-state index in [-0.39, 0.29) is 0 Å². The summed E-state index contributed by atoms with van der Waals surface area (Å²) in [5, 5.41) is 3.47. The van der Waals surface area contributed by atoms with Crippen molar-refractivity contribution in [3.63, 3.8) is 0 Å². The first-order valence-corrected chi connectivity index (χ1v) is 7.03. The highest BCUT2D eigenvalue weighted by atomic mass is 79.9. The molecule has 2 nitrogen and oxygen atoms in total. The largest absolute Gasteiger partial charge is 0.497 e. The zero-order chi connectivity index (χ0) is 13.8. The van der Waals surface area contributed by atoms with Crippen LogP contribution in [0.4, 0.5) is 5.69 Å². The topological polar surface area (TPSA) is 21.3 Å². The van der Waals surface area contributed by atoms with Crippen molar-refractivity contribution < 1.29 is 4.74 Å². The molecule has 2 rings (SSSR count). The van der Waals surface area contributed by atoms with E-state index in [1.165, 1.54) is 16.7 Å². The number of methoxy groups -OCH3 is 1. The maximum Gasteiger partial charge on any atom is 0.118 e. The van der Waals surface area contributed by atoms with E-state index >= 15 is 0 Å². The minimum atomic E-state index is 0.798. The SMILES string of the molecule is COc1ccc(CNc2c(C)cc(C)cc2Br)cc1. The van der Waals surface area contributed by atoms with Gasteiger partial charge in [-0.3, -0.25) is 0 Å². The van der Waals surface area contributed by atoms with Crippen LogP contribution >= 0.6 is 15.9 Å². The lowest BCUT2D eigenvalue weighted by atomic mass is 10.1. The molecular weight excluding hydrogens is 302 g/mol. The number of aryl methyl sites for hydroxylation is 2. The monoisotopic (exact) mass is 319 g/mol. The van der Waals surface area contributed by atoms with Gasteiger partial charge in [0, 0.05) is 11.0 Å². The van der Waals surface area contributed by atoms with E-state index < -0.39 is 0 Å². The third kappa shape index (κ3) is 3.51. The van der Waals surface area contributed by atoms with E-state index in [9.17, 15) is 0 Å². The second-order valence-corrected chi connectivity index (χ2v) is 5.49. The maximum absolute atomic E-state index is 5.16. The first kappa shape index (κ1) is 13.9. The van der Waals surface area contributed by atoms with Gasteiger partial charge < -0.3 is 10.1 Å². The molecule has 2 aromatic rings. The molecule has 0 saturated carbocycles. The maximum atomic E-state index is 5.16. The molecule has 0 aliphatic heterocycles. The van der Waals surface area contributed by atoms with Crippen LogP contribution in [0.1, 0.15) is 16.7 Å². The van der Waals surface area contributed by atoms with E-state index in [2.05, 4.69) is 59.4 Å². The number of rotatable bonds is 4. The summed E-state index contributed by atoms with van der Waals surface area (Å²) in [5.41, 5.74) is 4.90. The van der Waals surface area contributed by atoms with Crippen LogP contribution in [0.5, 0.6) is 5.75 Å². The van der Waals surface area contributed by atoms with Gasteiger partial charge in [0.2, 0.25) is 0 Å².